The molecule has 0 saturated carbocycles. The van der Waals surface area contributed by atoms with Gasteiger partial charge in [0.25, 0.3) is 0 Å². The number of hydrogen-bond donors (Lipinski definition) is 1. The van der Waals surface area contributed by atoms with Crippen LogP contribution in [0, 0.1) is 0 Å². The van der Waals surface area contributed by atoms with Gasteiger partial charge in [-0.3, -0.25) is 4.57 Å². The summed E-state index contributed by atoms with van der Waals surface area (Å²) in [6, 6.07) is 5.87. The fourth-order valence-corrected chi connectivity index (χ4v) is 3.99. The molecule has 1 aliphatic rings. The molecule has 2 N–H and O–H groups in total. The fourth-order valence-electron chi connectivity index (χ4n) is 3.83. The summed E-state index contributed by atoms with van der Waals surface area (Å²) in [6.07, 6.45) is 11.2. The third kappa shape index (κ3) is 3.43. The van der Waals surface area contributed by atoms with Crippen molar-refractivity contribution < 1.29 is 4.74 Å². The van der Waals surface area contributed by atoms with E-state index >= 15 is 0 Å². The molecule has 1 saturated heterocycles. The lowest BCUT2D eigenvalue weighted by Gasteiger charge is -2.22. The number of aromatic nitrogens is 6. The average molecular weight is 412 g/mol. The van der Waals surface area contributed by atoms with Gasteiger partial charge in [-0.25, -0.2) is 9.36 Å². The third-order valence-corrected chi connectivity index (χ3v) is 5.50. The van der Waals surface area contributed by atoms with Crippen LogP contribution in [0.4, 0.5) is 0 Å². The molecule has 3 aromatic heterocycles. The summed E-state index contributed by atoms with van der Waals surface area (Å²) in [7, 11) is 0. The summed E-state index contributed by atoms with van der Waals surface area (Å²) in [6.45, 7) is 1.92. The first-order chi connectivity index (χ1) is 14.2. The summed E-state index contributed by atoms with van der Waals surface area (Å²) in [5.74, 6) is 0.722. The van der Waals surface area contributed by atoms with Crippen LogP contribution < -0.4 is 5.73 Å². The Morgan fingerprint density at radius 2 is 2.14 bits per heavy atom. The zero-order valence-corrected chi connectivity index (χ0v) is 16.7. The Hall–Kier alpha value is -2.68. The molecule has 1 unspecified atom stereocenters. The lowest BCUT2D eigenvalue weighted by molar-refractivity contribution is -0.0394. The number of nitrogens with two attached hydrogens (primary N) is 1. The summed E-state index contributed by atoms with van der Waals surface area (Å²) < 4.78 is 11.5. The van der Waals surface area contributed by atoms with Crippen molar-refractivity contribution in [2.75, 3.05) is 13.2 Å². The number of nitrogens with zero attached hydrogens (tertiary/aromatic N) is 6. The Bertz CT molecular complexity index is 1140. The van der Waals surface area contributed by atoms with Crippen LogP contribution in [-0.2, 0) is 11.3 Å². The molecule has 150 valence electrons. The lowest BCUT2D eigenvalue weighted by atomic mass is 10.1. The maximum atomic E-state index is 6.29. The number of halogens is 1. The Labute approximate surface area is 172 Å². The van der Waals surface area contributed by atoms with E-state index in [1.807, 2.05) is 39.8 Å². The predicted octanol–water partition coefficient (Wildman–Crippen LogP) is 3.40. The van der Waals surface area contributed by atoms with Crippen molar-refractivity contribution in [1.82, 2.24) is 29.3 Å². The Balaban J connectivity index is 1.58. The van der Waals surface area contributed by atoms with Gasteiger partial charge < -0.3 is 10.5 Å². The number of hydrogen-bond acceptors (Lipinski definition) is 5. The van der Waals surface area contributed by atoms with E-state index in [-0.39, 0.29) is 6.23 Å². The van der Waals surface area contributed by atoms with Gasteiger partial charge in [0.1, 0.15) is 6.23 Å². The molecule has 1 fully saturated rings. The molecule has 0 radical (unpaired) electrons. The molecule has 1 atom stereocenters. The van der Waals surface area contributed by atoms with Crippen molar-refractivity contribution >= 4 is 22.5 Å². The molecule has 0 aliphatic carbocycles. The highest BCUT2D eigenvalue weighted by Crippen LogP contribution is 2.34. The first-order valence-corrected chi connectivity index (χ1v) is 10.2. The first kappa shape index (κ1) is 18.4. The van der Waals surface area contributed by atoms with E-state index in [9.17, 15) is 0 Å². The van der Waals surface area contributed by atoms with E-state index in [2.05, 4.69) is 27.8 Å². The van der Waals surface area contributed by atoms with Crippen molar-refractivity contribution in [1.29, 1.82) is 0 Å². The monoisotopic (exact) mass is 411 g/mol. The summed E-state index contributed by atoms with van der Waals surface area (Å²) in [5, 5.41) is 14.8. The smallest absolute Gasteiger partial charge is 0.179 e. The summed E-state index contributed by atoms with van der Waals surface area (Å²) >= 11 is 6.29. The predicted molar refractivity (Wildman–Crippen MR) is 111 cm³/mol. The second-order valence-corrected chi connectivity index (χ2v) is 7.67. The molecule has 29 heavy (non-hydrogen) atoms. The Morgan fingerprint density at radius 1 is 1.21 bits per heavy atom. The van der Waals surface area contributed by atoms with Crippen LogP contribution in [0.2, 0.25) is 5.02 Å². The van der Waals surface area contributed by atoms with Gasteiger partial charge in [0.05, 0.1) is 24.5 Å². The average Bonchev–Trinajstić information content (AvgIpc) is 3.47. The molecule has 4 aromatic rings. The van der Waals surface area contributed by atoms with Gasteiger partial charge in [0.15, 0.2) is 5.82 Å². The van der Waals surface area contributed by atoms with Crippen LogP contribution in [0.3, 0.4) is 0 Å². The molecule has 0 spiro atoms. The highest BCUT2D eigenvalue weighted by atomic mass is 35.5. The highest BCUT2D eigenvalue weighted by Gasteiger charge is 2.19. The fraction of sp³-hybridized carbons (Fsp3) is 0.350. The molecule has 0 bridgehead atoms. The van der Waals surface area contributed by atoms with E-state index in [1.165, 1.54) is 0 Å². The van der Waals surface area contributed by atoms with Crippen LogP contribution >= 0.6 is 11.6 Å². The van der Waals surface area contributed by atoms with Crippen molar-refractivity contribution in [3.05, 3.63) is 48.0 Å². The van der Waals surface area contributed by atoms with E-state index in [4.69, 9.17) is 22.1 Å². The Kier molecular flexibility index (Phi) is 4.83. The summed E-state index contributed by atoms with van der Waals surface area (Å²) in [5.41, 5.74) is 8.69. The first-order valence-electron chi connectivity index (χ1n) is 9.80. The molecular weight excluding hydrogens is 390 g/mol. The molecule has 9 heteroatoms. The standard InChI is InChI=1S/C20H22ClN7O/c21-15-4-5-16-17(14-10-23-28(11-14)20-3-1-2-8-29-20)12-27(18(16)9-15)19-13-26(7-6-22)25-24-19/h4-5,9-13,20H,1-3,6-8,22H2. The van der Waals surface area contributed by atoms with Gasteiger partial charge in [-0.05, 0) is 31.4 Å². The molecule has 8 nitrogen and oxygen atoms in total. The van der Waals surface area contributed by atoms with Gasteiger partial charge in [-0.15, -0.1) is 5.10 Å². The van der Waals surface area contributed by atoms with Crippen LogP contribution in [0.15, 0.2) is 43.0 Å². The quantitative estimate of drug-likeness (QED) is 0.543. The second kappa shape index (κ2) is 7.62. The summed E-state index contributed by atoms with van der Waals surface area (Å²) in [4.78, 5) is 0. The maximum absolute atomic E-state index is 6.29. The van der Waals surface area contributed by atoms with Gasteiger partial charge in [-0.1, -0.05) is 22.9 Å². The lowest BCUT2D eigenvalue weighted by Crippen LogP contribution is -2.18. The van der Waals surface area contributed by atoms with E-state index in [0.29, 0.717) is 18.1 Å². The zero-order valence-electron chi connectivity index (χ0n) is 15.9. The molecule has 1 aliphatic heterocycles. The molecule has 5 rings (SSSR count). The second-order valence-electron chi connectivity index (χ2n) is 7.23. The van der Waals surface area contributed by atoms with E-state index in [1.54, 1.807) is 4.68 Å². The molecule has 0 amide bonds. The van der Waals surface area contributed by atoms with Crippen LogP contribution in [0.5, 0.6) is 0 Å². The van der Waals surface area contributed by atoms with Crippen LogP contribution in [-0.4, -0.2) is 42.5 Å². The maximum Gasteiger partial charge on any atom is 0.179 e. The van der Waals surface area contributed by atoms with Gasteiger partial charge in [0.2, 0.25) is 0 Å². The molecular formula is C20H22ClN7O. The van der Waals surface area contributed by atoms with Crippen LogP contribution in [0.1, 0.15) is 25.5 Å². The minimum atomic E-state index is 0.0106. The SMILES string of the molecule is NCCn1cc(-n2cc(-c3cnn(C4CCCCO4)c3)c3ccc(Cl)cc32)nn1. The Morgan fingerprint density at radius 3 is 2.97 bits per heavy atom. The van der Waals surface area contributed by atoms with Crippen molar-refractivity contribution in [3.63, 3.8) is 0 Å². The number of fused-ring (bicyclic) bond motifs is 1. The van der Waals surface area contributed by atoms with Crippen molar-refractivity contribution in [3.8, 4) is 16.9 Å². The van der Waals surface area contributed by atoms with Gasteiger partial charge >= 0.3 is 0 Å². The molecule has 1 aromatic carbocycles. The highest BCUT2D eigenvalue weighted by molar-refractivity contribution is 6.31. The number of benzene rings is 1. The molecule has 4 heterocycles. The minimum absolute atomic E-state index is 0.0106. The van der Waals surface area contributed by atoms with Crippen LogP contribution in [0.25, 0.3) is 27.8 Å². The number of ether oxygens (including phenoxy) is 1. The van der Waals surface area contributed by atoms with Gasteiger partial charge in [0, 0.05) is 47.1 Å². The zero-order chi connectivity index (χ0) is 19.8. The van der Waals surface area contributed by atoms with Crippen molar-refractivity contribution in [2.45, 2.75) is 32.0 Å². The van der Waals surface area contributed by atoms with Crippen molar-refractivity contribution in [2.24, 2.45) is 5.73 Å². The largest absolute Gasteiger partial charge is 0.357 e. The normalized spacial score (nSPS) is 17.2. The number of rotatable bonds is 5. The van der Waals surface area contributed by atoms with E-state index in [0.717, 1.165) is 53.7 Å². The topological polar surface area (TPSA) is 88.7 Å². The van der Waals surface area contributed by atoms with Gasteiger partial charge in [-0.2, -0.15) is 5.10 Å². The third-order valence-electron chi connectivity index (χ3n) is 5.26. The van der Waals surface area contributed by atoms with E-state index < -0.39 is 0 Å². The minimum Gasteiger partial charge on any atom is -0.357 e.